The minimum absolute atomic E-state index is 0.269. The molecule has 0 spiro atoms. The molecule has 0 heterocycles. The molecule has 0 radical (unpaired) electrons. The first-order valence-corrected chi connectivity index (χ1v) is 7.82. The molecule has 0 rings (SSSR count). The SMILES string of the molecule is CC(F)(CCCCC(I)CC(F)(C(F)(F)F)C(F)(F)F)C(F)(F)F. The van der Waals surface area contributed by atoms with E-state index in [1.807, 2.05) is 0 Å². The van der Waals surface area contributed by atoms with Crippen LogP contribution in [-0.4, -0.2) is 33.8 Å². The van der Waals surface area contributed by atoms with E-state index < -0.39 is 59.5 Å². The number of hydrogen-bond acceptors (Lipinski definition) is 0. The molecular formula is C12H14F11I. The molecule has 0 saturated heterocycles. The van der Waals surface area contributed by atoms with Gasteiger partial charge in [-0.15, -0.1) is 0 Å². The van der Waals surface area contributed by atoms with Gasteiger partial charge in [-0.1, -0.05) is 29.0 Å². The summed E-state index contributed by atoms with van der Waals surface area (Å²) in [5.74, 6) is 0. The molecular weight excluding hydrogens is 480 g/mol. The molecule has 0 nitrogen and oxygen atoms in total. The van der Waals surface area contributed by atoms with Crippen molar-refractivity contribution < 1.29 is 48.3 Å². The fourth-order valence-corrected chi connectivity index (χ4v) is 2.81. The van der Waals surface area contributed by atoms with E-state index in [1.165, 1.54) is 22.6 Å². The zero-order valence-corrected chi connectivity index (χ0v) is 14.3. The minimum atomic E-state index is -6.16. The highest BCUT2D eigenvalue weighted by Crippen LogP contribution is 2.50. The maximum absolute atomic E-state index is 13.4. The molecule has 2 unspecified atom stereocenters. The lowest BCUT2D eigenvalue weighted by Crippen LogP contribution is -2.54. The first kappa shape index (κ1) is 24.0. The molecule has 0 aliphatic rings. The van der Waals surface area contributed by atoms with Crippen LogP contribution in [0.25, 0.3) is 0 Å². The Morgan fingerprint density at radius 2 is 1.12 bits per heavy atom. The second-order valence-electron chi connectivity index (χ2n) is 5.54. The zero-order chi connectivity index (χ0) is 19.6. The number of alkyl halides is 12. The maximum atomic E-state index is 13.4. The van der Waals surface area contributed by atoms with Crippen LogP contribution in [0, 0.1) is 0 Å². The van der Waals surface area contributed by atoms with Gasteiger partial charge in [-0.25, -0.2) is 8.78 Å². The second-order valence-corrected chi connectivity index (χ2v) is 7.30. The lowest BCUT2D eigenvalue weighted by atomic mass is 9.94. The Balaban J connectivity index is 4.62. The monoisotopic (exact) mass is 494 g/mol. The normalized spacial score (nSPS) is 18.4. The van der Waals surface area contributed by atoms with Gasteiger partial charge in [-0.2, -0.15) is 39.5 Å². The lowest BCUT2D eigenvalue weighted by Gasteiger charge is -2.31. The first-order valence-electron chi connectivity index (χ1n) is 6.57. The van der Waals surface area contributed by atoms with Gasteiger partial charge in [0.2, 0.25) is 5.67 Å². The van der Waals surface area contributed by atoms with Gasteiger partial charge >= 0.3 is 18.5 Å². The predicted molar refractivity (Wildman–Crippen MR) is 72.4 cm³/mol. The van der Waals surface area contributed by atoms with Crippen LogP contribution >= 0.6 is 22.6 Å². The highest BCUT2D eigenvalue weighted by atomic mass is 127. The average molecular weight is 494 g/mol. The fourth-order valence-electron chi connectivity index (χ4n) is 1.76. The van der Waals surface area contributed by atoms with E-state index in [0.717, 1.165) is 0 Å². The molecule has 12 heteroatoms. The Hall–Kier alpha value is -0.0400. The zero-order valence-electron chi connectivity index (χ0n) is 12.1. The topological polar surface area (TPSA) is 0 Å². The minimum Gasteiger partial charge on any atom is -0.234 e. The fraction of sp³-hybridized carbons (Fsp3) is 1.00. The molecule has 0 fully saturated rings. The van der Waals surface area contributed by atoms with Crippen LogP contribution in [0.5, 0.6) is 0 Å². The molecule has 146 valence electrons. The molecule has 2 atom stereocenters. The Morgan fingerprint density at radius 1 is 0.708 bits per heavy atom. The van der Waals surface area contributed by atoms with Crippen molar-refractivity contribution in [1.29, 1.82) is 0 Å². The summed E-state index contributed by atoms with van der Waals surface area (Å²) in [7, 11) is 0. The Morgan fingerprint density at radius 3 is 1.46 bits per heavy atom. The van der Waals surface area contributed by atoms with Crippen LogP contribution in [0.15, 0.2) is 0 Å². The van der Waals surface area contributed by atoms with Crippen LogP contribution in [0.1, 0.15) is 39.0 Å². The second kappa shape index (κ2) is 7.68. The average Bonchev–Trinajstić information content (AvgIpc) is 2.30. The van der Waals surface area contributed by atoms with Crippen LogP contribution in [0.4, 0.5) is 48.3 Å². The van der Waals surface area contributed by atoms with Crippen molar-refractivity contribution in [2.75, 3.05) is 0 Å². The van der Waals surface area contributed by atoms with Crippen molar-refractivity contribution in [3.63, 3.8) is 0 Å². The van der Waals surface area contributed by atoms with Gasteiger partial charge in [0.15, 0.2) is 0 Å². The van der Waals surface area contributed by atoms with E-state index in [2.05, 4.69) is 0 Å². The predicted octanol–water partition coefficient (Wildman–Crippen LogP) is 6.86. The van der Waals surface area contributed by atoms with E-state index >= 15 is 0 Å². The largest absolute Gasteiger partial charge is 0.431 e. The molecule has 0 aromatic heterocycles. The van der Waals surface area contributed by atoms with Gasteiger partial charge in [0, 0.05) is 10.3 Å². The number of halogens is 12. The van der Waals surface area contributed by atoms with Crippen molar-refractivity contribution in [1.82, 2.24) is 0 Å². The van der Waals surface area contributed by atoms with Crippen LogP contribution < -0.4 is 0 Å². The van der Waals surface area contributed by atoms with E-state index in [1.54, 1.807) is 0 Å². The van der Waals surface area contributed by atoms with Crippen molar-refractivity contribution in [3.05, 3.63) is 0 Å². The molecule has 0 bridgehead atoms. The lowest BCUT2D eigenvalue weighted by molar-refractivity contribution is -0.342. The van der Waals surface area contributed by atoms with Gasteiger partial charge in [0.05, 0.1) is 0 Å². The Kier molecular flexibility index (Phi) is 7.67. The third kappa shape index (κ3) is 6.04. The summed E-state index contributed by atoms with van der Waals surface area (Å²) in [4.78, 5) is 0. The summed E-state index contributed by atoms with van der Waals surface area (Å²) >= 11 is 1.17. The molecule has 0 N–H and O–H groups in total. The van der Waals surface area contributed by atoms with Crippen molar-refractivity contribution >= 4 is 22.6 Å². The third-order valence-corrected chi connectivity index (χ3v) is 4.47. The van der Waals surface area contributed by atoms with Gasteiger partial charge in [-0.05, 0) is 26.2 Å². The Bertz CT molecular complexity index is 379. The summed E-state index contributed by atoms with van der Waals surface area (Å²) in [5.41, 5.74) is -8.90. The highest BCUT2D eigenvalue weighted by molar-refractivity contribution is 14.1. The van der Waals surface area contributed by atoms with Crippen LogP contribution in [-0.2, 0) is 0 Å². The van der Waals surface area contributed by atoms with E-state index in [4.69, 9.17) is 0 Å². The van der Waals surface area contributed by atoms with E-state index in [-0.39, 0.29) is 13.3 Å². The smallest absolute Gasteiger partial charge is 0.234 e. The summed E-state index contributed by atoms with van der Waals surface area (Å²) < 4.78 is 136. The molecule has 0 saturated carbocycles. The molecule has 0 aromatic rings. The van der Waals surface area contributed by atoms with Gasteiger partial charge in [-0.3, -0.25) is 0 Å². The standard InChI is InChI=1S/C12H14F11I/c1-8(13,10(15,16)17)5-3-2-4-7(24)6-9(14,11(18,19)20)12(21,22)23/h7H,2-6H2,1H3. The van der Waals surface area contributed by atoms with E-state index in [9.17, 15) is 48.3 Å². The third-order valence-electron chi connectivity index (χ3n) is 3.41. The van der Waals surface area contributed by atoms with Crippen LogP contribution in [0.2, 0.25) is 0 Å². The highest BCUT2D eigenvalue weighted by Gasteiger charge is 2.72. The molecule has 0 aliphatic carbocycles. The van der Waals surface area contributed by atoms with Crippen molar-refractivity contribution in [2.45, 2.75) is 72.8 Å². The van der Waals surface area contributed by atoms with Crippen molar-refractivity contribution in [2.24, 2.45) is 0 Å². The van der Waals surface area contributed by atoms with Gasteiger partial charge in [0.1, 0.15) is 0 Å². The van der Waals surface area contributed by atoms with Gasteiger partial charge < -0.3 is 0 Å². The number of unbranched alkanes of at least 4 members (excludes halogenated alkanes) is 1. The van der Waals surface area contributed by atoms with Gasteiger partial charge in [0.25, 0.3) is 5.67 Å². The van der Waals surface area contributed by atoms with E-state index in [0.29, 0.717) is 0 Å². The number of rotatable bonds is 7. The summed E-state index contributed by atoms with van der Waals surface area (Å²) in [5, 5.41) is 0. The maximum Gasteiger partial charge on any atom is 0.431 e. The molecule has 0 aromatic carbocycles. The molecule has 0 amide bonds. The molecule has 24 heavy (non-hydrogen) atoms. The first-order chi connectivity index (χ1) is 10.4. The quantitative estimate of drug-likeness (QED) is 0.157. The summed E-state index contributed by atoms with van der Waals surface area (Å²) in [6.07, 6.45) is -21.4. The number of hydrogen-bond donors (Lipinski definition) is 0. The summed E-state index contributed by atoms with van der Waals surface area (Å²) in [6, 6.07) is 0. The Labute approximate surface area is 144 Å². The summed E-state index contributed by atoms with van der Waals surface area (Å²) in [6.45, 7) is 0.286. The van der Waals surface area contributed by atoms with Crippen LogP contribution in [0.3, 0.4) is 0 Å². The molecule has 0 aliphatic heterocycles. The van der Waals surface area contributed by atoms with Crippen molar-refractivity contribution in [3.8, 4) is 0 Å².